The molecule has 1 aromatic carbocycles. The Balaban J connectivity index is 2.02. The first-order valence-corrected chi connectivity index (χ1v) is 7.57. The lowest BCUT2D eigenvalue weighted by atomic mass is 9.79. The molecule has 1 saturated heterocycles. The smallest absolute Gasteiger partial charge is 0.464 e. The van der Waals surface area contributed by atoms with Gasteiger partial charge in [-0.1, -0.05) is 12.1 Å². The number of fused-ring (bicyclic) bond motifs is 1. The van der Waals surface area contributed by atoms with E-state index >= 15 is 0 Å². The summed E-state index contributed by atoms with van der Waals surface area (Å²) < 4.78 is 18.6. The van der Waals surface area contributed by atoms with Crippen LogP contribution in [0.15, 0.2) is 18.2 Å². The van der Waals surface area contributed by atoms with Crippen LogP contribution in [0.3, 0.4) is 0 Å². The minimum absolute atomic E-state index is 0.311. The highest BCUT2D eigenvalue weighted by molar-refractivity contribution is 6.62. The van der Waals surface area contributed by atoms with E-state index in [1.165, 1.54) is 7.11 Å². The Kier molecular flexibility index (Phi) is 3.53. The van der Waals surface area contributed by atoms with Gasteiger partial charge in [-0.05, 0) is 39.2 Å². The Hall–Kier alpha value is -1.86. The standard InChI is InChI=1S/C16H21BN2O4/c1-15(2)16(3,4)23-17(22-15)10-7-8-11-12(9-10)19(5)18-13(11)14(20)21-6/h7-9H,1-6H3. The molecule has 0 radical (unpaired) electrons. The quantitative estimate of drug-likeness (QED) is 0.623. The van der Waals surface area contributed by atoms with E-state index in [0.29, 0.717) is 5.69 Å². The van der Waals surface area contributed by atoms with Gasteiger partial charge < -0.3 is 14.0 Å². The van der Waals surface area contributed by atoms with Gasteiger partial charge in [0.1, 0.15) is 0 Å². The van der Waals surface area contributed by atoms with E-state index in [-0.39, 0.29) is 0 Å². The minimum atomic E-state index is -0.445. The van der Waals surface area contributed by atoms with E-state index in [0.717, 1.165) is 16.4 Å². The number of aryl methyl sites for hydroxylation is 1. The molecule has 0 bridgehead atoms. The number of esters is 1. The van der Waals surface area contributed by atoms with Gasteiger partial charge in [0.15, 0.2) is 5.69 Å². The Morgan fingerprint density at radius 1 is 1.22 bits per heavy atom. The summed E-state index contributed by atoms with van der Waals surface area (Å²) >= 11 is 0. The summed E-state index contributed by atoms with van der Waals surface area (Å²) in [5.74, 6) is -0.445. The van der Waals surface area contributed by atoms with E-state index in [4.69, 9.17) is 14.0 Å². The highest BCUT2D eigenvalue weighted by Crippen LogP contribution is 2.36. The summed E-state index contributed by atoms with van der Waals surface area (Å²) in [6.45, 7) is 8.08. The topological polar surface area (TPSA) is 62.6 Å². The van der Waals surface area contributed by atoms with Crippen molar-refractivity contribution < 1.29 is 18.8 Å². The number of hydrogen-bond donors (Lipinski definition) is 0. The lowest BCUT2D eigenvalue weighted by molar-refractivity contribution is 0.00578. The summed E-state index contributed by atoms with van der Waals surface area (Å²) in [4.78, 5) is 11.8. The zero-order chi connectivity index (χ0) is 17.0. The molecule has 1 fully saturated rings. The van der Waals surface area contributed by atoms with Crippen LogP contribution in [0.4, 0.5) is 0 Å². The van der Waals surface area contributed by atoms with Crippen molar-refractivity contribution >= 4 is 29.5 Å². The second-order valence-electron chi connectivity index (χ2n) is 6.83. The third-order valence-electron chi connectivity index (χ3n) is 4.78. The highest BCUT2D eigenvalue weighted by Gasteiger charge is 2.51. The molecule has 7 heteroatoms. The molecule has 122 valence electrons. The second-order valence-corrected chi connectivity index (χ2v) is 6.83. The molecule has 0 N–H and O–H groups in total. The van der Waals surface area contributed by atoms with Crippen molar-refractivity contribution in [3.05, 3.63) is 23.9 Å². The van der Waals surface area contributed by atoms with Crippen LogP contribution in [0.25, 0.3) is 10.9 Å². The van der Waals surface area contributed by atoms with Crippen molar-refractivity contribution in [1.29, 1.82) is 0 Å². The number of nitrogens with zero attached hydrogens (tertiary/aromatic N) is 2. The fourth-order valence-corrected chi connectivity index (χ4v) is 2.65. The van der Waals surface area contributed by atoms with Gasteiger partial charge in [-0.3, -0.25) is 4.68 Å². The Bertz CT molecular complexity index is 766. The molecular weight excluding hydrogens is 295 g/mol. The lowest BCUT2D eigenvalue weighted by Crippen LogP contribution is -2.41. The summed E-state index contributed by atoms with van der Waals surface area (Å²) in [6, 6.07) is 5.70. The zero-order valence-electron chi connectivity index (χ0n) is 14.3. The molecule has 1 aliphatic rings. The number of carbonyl (C=O) groups excluding carboxylic acids is 1. The van der Waals surface area contributed by atoms with E-state index < -0.39 is 24.3 Å². The average molecular weight is 316 g/mol. The molecule has 23 heavy (non-hydrogen) atoms. The third kappa shape index (κ3) is 2.44. The van der Waals surface area contributed by atoms with Gasteiger partial charge in [-0.15, -0.1) is 0 Å². The van der Waals surface area contributed by atoms with Crippen LogP contribution in [0.1, 0.15) is 38.2 Å². The number of methoxy groups -OCH3 is 1. The van der Waals surface area contributed by atoms with Gasteiger partial charge in [-0.25, -0.2) is 4.79 Å². The number of ether oxygens (including phenoxy) is 1. The molecule has 2 heterocycles. The van der Waals surface area contributed by atoms with Crippen LogP contribution in [-0.2, 0) is 21.1 Å². The predicted octanol–water partition coefficient (Wildman–Crippen LogP) is 1.66. The molecule has 0 unspecified atom stereocenters. The summed E-state index contributed by atoms with van der Waals surface area (Å²) in [7, 11) is 2.70. The fraction of sp³-hybridized carbons (Fsp3) is 0.500. The molecule has 2 aromatic rings. The van der Waals surface area contributed by atoms with Crippen molar-refractivity contribution in [3.8, 4) is 0 Å². The molecule has 6 nitrogen and oxygen atoms in total. The van der Waals surface area contributed by atoms with Gasteiger partial charge >= 0.3 is 13.1 Å². The normalized spacial score (nSPS) is 19.3. The summed E-state index contributed by atoms with van der Waals surface area (Å²) in [5.41, 5.74) is 1.26. The van der Waals surface area contributed by atoms with E-state index in [1.54, 1.807) is 11.7 Å². The molecule has 0 spiro atoms. The van der Waals surface area contributed by atoms with Gasteiger partial charge in [-0.2, -0.15) is 5.10 Å². The Labute approximate surface area is 135 Å². The van der Waals surface area contributed by atoms with E-state index in [1.807, 2.05) is 45.9 Å². The van der Waals surface area contributed by atoms with Crippen molar-refractivity contribution in [1.82, 2.24) is 9.78 Å². The molecule has 3 rings (SSSR count). The first-order chi connectivity index (χ1) is 10.7. The predicted molar refractivity (Wildman–Crippen MR) is 87.8 cm³/mol. The van der Waals surface area contributed by atoms with Gasteiger partial charge in [0.25, 0.3) is 0 Å². The summed E-state index contributed by atoms with van der Waals surface area (Å²) in [6.07, 6.45) is 0. The minimum Gasteiger partial charge on any atom is -0.464 e. The van der Waals surface area contributed by atoms with Crippen LogP contribution >= 0.6 is 0 Å². The van der Waals surface area contributed by atoms with Crippen LogP contribution < -0.4 is 5.46 Å². The number of carbonyl (C=O) groups is 1. The highest BCUT2D eigenvalue weighted by atomic mass is 16.7. The Morgan fingerprint density at radius 3 is 2.39 bits per heavy atom. The second kappa shape index (κ2) is 5.07. The van der Waals surface area contributed by atoms with Gasteiger partial charge in [0.05, 0.1) is 23.8 Å². The molecule has 1 aliphatic heterocycles. The van der Waals surface area contributed by atoms with Crippen molar-refractivity contribution in [3.63, 3.8) is 0 Å². The van der Waals surface area contributed by atoms with Crippen LogP contribution in [-0.4, -0.2) is 41.2 Å². The van der Waals surface area contributed by atoms with Crippen molar-refractivity contribution in [2.75, 3.05) is 7.11 Å². The largest absolute Gasteiger partial charge is 0.494 e. The number of aromatic nitrogens is 2. The molecule has 0 saturated carbocycles. The maximum absolute atomic E-state index is 11.8. The fourth-order valence-electron chi connectivity index (χ4n) is 2.65. The molecule has 0 atom stereocenters. The average Bonchev–Trinajstić information content (AvgIpc) is 2.92. The molecule has 0 aliphatic carbocycles. The van der Waals surface area contributed by atoms with Crippen LogP contribution in [0.2, 0.25) is 0 Å². The zero-order valence-corrected chi connectivity index (χ0v) is 14.3. The van der Waals surface area contributed by atoms with Crippen LogP contribution in [0, 0.1) is 0 Å². The first-order valence-electron chi connectivity index (χ1n) is 7.57. The first kappa shape index (κ1) is 16.0. The van der Waals surface area contributed by atoms with E-state index in [9.17, 15) is 4.79 Å². The number of rotatable bonds is 2. The van der Waals surface area contributed by atoms with Gasteiger partial charge in [0.2, 0.25) is 0 Å². The molecule has 0 amide bonds. The molecule has 1 aromatic heterocycles. The van der Waals surface area contributed by atoms with Crippen LogP contribution in [0.5, 0.6) is 0 Å². The van der Waals surface area contributed by atoms with Crippen molar-refractivity contribution in [2.45, 2.75) is 38.9 Å². The SMILES string of the molecule is COC(=O)c1nn(C)c2cc(B3OC(C)(C)C(C)(C)O3)ccc12. The number of benzene rings is 1. The maximum Gasteiger partial charge on any atom is 0.494 e. The monoisotopic (exact) mass is 316 g/mol. The Morgan fingerprint density at radius 2 is 1.83 bits per heavy atom. The van der Waals surface area contributed by atoms with Gasteiger partial charge in [0, 0.05) is 12.4 Å². The lowest BCUT2D eigenvalue weighted by Gasteiger charge is -2.32. The van der Waals surface area contributed by atoms with Crippen molar-refractivity contribution in [2.24, 2.45) is 7.05 Å². The third-order valence-corrected chi connectivity index (χ3v) is 4.78. The molecular formula is C16H21BN2O4. The van der Waals surface area contributed by atoms with E-state index in [2.05, 4.69) is 5.10 Å². The summed E-state index contributed by atoms with van der Waals surface area (Å²) in [5, 5.41) is 5.00. The number of hydrogen-bond acceptors (Lipinski definition) is 5. The maximum atomic E-state index is 11.8.